The molecule has 26 heavy (non-hydrogen) atoms. The Hall–Kier alpha value is -2.66. The van der Waals surface area contributed by atoms with Gasteiger partial charge in [-0.1, -0.05) is 18.2 Å². The van der Waals surface area contributed by atoms with E-state index in [1.165, 1.54) is 4.88 Å². The second-order valence-corrected chi connectivity index (χ2v) is 8.02. The third-order valence-electron chi connectivity index (χ3n) is 5.19. The van der Waals surface area contributed by atoms with E-state index in [0.717, 1.165) is 50.5 Å². The van der Waals surface area contributed by atoms with Crippen LogP contribution in [0.15, 0.2) is 40.7 Å². The van der Waals surface area contributed by atoms with Gasteiger partial charge in [-0.25, -0.2) is 4.98 Å². The van der Waals surface area contributed by atoms with Crippen molar-refractivity contribution >= 4 is 33.2 Å². The van der Waals surface area contributed by atoms with Gasteiger partial charge < -0.3 is 4.74 Å². The molecule has 0 fully saturated rings. The van der Waals surface area contributed by atoms with Gasteiger partial charge in [0.1, 0.15) is 23.0 Å². The molecule has 4 nitrogen and oxygen atoms in total. The number of hydrogen-bond donors (Lipinski definition) is 0. The Morgan fingerprint density at radius 2 is 2.12 bits per heavy atom. The van der Waals surface area contributed by atoms with E-state index in [-0.39, 0.29) is 5.56 Å². The number of nitrogens with zero attached hydrogens (tertiary/aromatic N) is 2. The summed E-state index contributed by atoms with van der Waals surface area (Å²) in [5.41, 5.74) is 4.47. The van der Waals surface area contributed by atoms with E-state index in [0.29, 0.717) is 13.2 Å². The first-order valence-corrected chi connectivity index (χ1v) is 9.57. The van der Waals surface area contributed by atoms with Crippen molar-refractivity contribution in [2.45, 2.75) is 26.8 Å². The lowest BCUT2D eigenvalue weighted by atomic mass is 10.0. The highest BCUT2D eigenvalue weighted by atomic mass is 32.1. The third kappa shape index (κ3) is 2.27. The summed E-state index contributed by atoms with van der Waals surface area (Å²) < 4.78 is 7.67. The Balaban J connectivity index is 1.63. The molecule has 1 aromatic carbocycles. The molecule has 2 aromatic heterocycles. The monoisotopic (exact) mass is 362 g/mol. The smallest absolute Gasteiger partial charge is 0.262 e. The Bertz CT molecular complexity index is 1180. The van der Waals surface area contributed by atoms with E-state index in [4.69, 9.17) is 9.72 Å². The van der Waals surface area contributed by atoms with Gasteiger partial charge in [-0.2, -0.15) is 0 Å². The van der Waals surface area contributed by atoms with Crippen LogP contribution in [0.4, 0.5) is 0 Å². The van der Waals surface area contributed by atoms with Crippen molar-refractivity contribution in [2.75, 3.05) is 6.61 Å². The number of aromatic nitrogens is 2. The number of allylic oxidation sites excluding steroid dienone is 1. The minimum atomic E-state index is 0.0921. The van der Waals surface area contributed by atoms with Crippen LogP contribution in [-0.4, -0.2) is 16.2 Å². The summed E-state index contributed by atoms with van der Waals surface area (Å²) in [6.45, 7) is 5.30. The van der Waals surface area contributed by atoms with Crippen LogP contribution in [0.5, 0.6) is 5.75 Å². The zero-order valence-electron chi connectivity index (χ0n) is 14.7. The molecule has 5 heteroatoms. The highest BCUT2D eigenvalue weighted by Gasteiger charge is 2.23. The van der Waals surface area contributed by atoms with Gasteiger partial charge in [0.15, 0.2) is 0 Å². The summed E-state index contributed by atoms with van der Waals surface area (Å²) in [6.07, 6.45) is 5.13. The summed E-state index contributed by atoms with van der Waals surface area (Å²) >= 11 is 1.61. The zero-order chi connectivity index (χ0) is 17.8. The second kappa shape index (κ2) is 5.68. The maximum absolute atomic E-state index is 12.9. The van der Waals surface area contributed by atoms with Gasteiger partial charge >= 0.3 is 0 Å². The molecular weight excluding hydrogens is 344 g/mol. The van der Waals surface area contributed by atoms with Gasteiger partial charge in [-0.15, -0.1) is 11.3 Å². The van der Waals surface area contributed by atoms with Crippen molar-refractivity contribution in [3.63, 3.8) is 0 Å². The van der Waals surface area contributed by atoms with Crippen LogP contribution in [0.1, 0.15) is 28.2 Å². The van der Waals surface area contributed by atoms with Crippen molar-refractivity contribution in [1.29, 1.82) is 0 Å². The average Bonchev–Trinajstić information content (AvgIpc) is 3.17. The van der Waals surface area contributed by atoms with Crippen LogP contribution in [0, 0.1) is 13.8 Å². The number of para-hydroxylation sites is 1. The topological polar surface area (TPSA) is 44.1 Å². The largest absolute Gasteiger partial charge is 0.488 e. The Labute approximate surface area is 155 Å². The van der Waals surface area contributed by atoms with Crippen molar-refractivity contribution < 1.29 is 4.74 Å². The molecule has 0 amide bonds. The minimum Gasteiger partial charge on any atom is -0.488 e. The molecule has 2 aliphatic rings. The number of hydrogen-bond acceptors (Lipinski definition) is 4. The van der Waals surface area contributed by atoms with E-state index in [9.17, 15) is 4.79 Å². The van der Waals surface area contributed by atoms with Gasteiger partial charge in [0.05, 0.1) is 5.39 Å². The van der Waals surface area contributed by atoms with Gasteiger partial charge in [0, 0.05) is 17.0 Å². The van der Waals surface area contributed by atoms with E-state index < -0.39 is 0 Å². The van der Waals surface area contributed by atoms with E-state index >= 15 is 0 Å². The normalized spacial score (nSPS) is 17.2. The van der Waals surface area contributed by atoms with Crippen LogP contribution >= 0.6 is 11.3 Å². The van der Waals surface area contributed by atoms with Crippen LogP contribution in [0.3, 0.4) is 0 Å². The predicted molar refractivity (Wildman–Crippen MR) is 106 cm³/mol. The molecule has 0 saturated heterocycles. The molecule has 2 aliphatic heterocycles. The first kappa shape index (κ1) is 15.6. The summed E-state index contributed by atoms with van der Waals surface area (Å²) in [4.78, 5) is 19.8. The van der Waals surface area contributed by atoms with Gasteiger partial charge in [0.25, 0.3) is 5.56 Å². The van der Waals surface area contributed by atoms with Crippen molar-refractivity contribution in [1.82, 2.24) is 9.55 Å². The average molecular weight is 362 g/mol. The number of benzene rings is 1. The number of rotatable bonds is 1. The van der Waals surface area contributed by atoms with Crippen LogP contribution < -0.4 is 10.3 Å². The molecule has 4 heterocycles. The summed E-state index contributed by atoms with van der Waals surface area (Å²) in [5, 5.41) is 0.784. The fourth-order valence-electron chi connectivity index (χ4n) is 3.70. The van der Waals surface area contributed by atoms with Gasteiger partial charge in [-0.05, 0) is 55.2 Å². The second-order valence-electron chi connectivity index (χ2n) is 6.82. The molecule has 5 rings (SSSR count). The summed E-state index contributed by atoms with van der Waals surface area (Å²) in [5.74, 6) is 1.73. The SMILES string of the molecule is Cc1sc2nc3n(c(=O)c2c1C)CC/C3=C\C1=Cc2ccccc2OC1. The lowest BCUT2D eigenvalue weighted by Gasteiger charge is -2.16. The van der Waals surface area contributed by atoms with Gasteiger partial charge in [0.2, 0.25) is 0 Å². The third-order valence-corrected chi connectivity index (χ3v) is 6.30. The Morgan fingerprint density at radius 3 is 3.00 bits per heavy atom. The number of aryl methyl sites for hydroxylation is 2. The zero-order valence-corrected chi connectivity index (χ0v) is 15.5. The fraction of sp³-hybridized carbons (Fsp3) is 0.238. The van der Waals surface area contributed by atoms with Crippen molar-refractivity contribution in [2.24, 2.45) is 0 Å². The predicted octanol–water partition coefficient (Wildman–Crippen LogP) is 4.34. The molecule has 130 valence electrons. The number of fused-ring (bicyclic) bond motifs is 3. The van der Waals surface area contributed by atoms with Gasteiger partial charge in [-0.3, -0.25) is 9.36 Å². The molecule has 0 unspecified atom stereocenters. The first-order chi connectivity index (χ1) is 12.6. The van der Waals surface area contributed by atoms with E-state index in [1.54, 1.807) is 11.3 Å². The number of ether oxygens (including phenoxy) is 1. The fourth-order valence-corrected chi connectivity index (χ4v) is 4.72. The van der Waals surface area contributed by atoms with E-state index in [2.05, 4.69) is 25.1 Å². The lowest BCUT2D eigenvalue weighted by molar-refractivity contribution is 0.351. The minimum absolute atomic E-state index is 0.0921. The highest BCUT2D eigenvalue weighted by Crippen LogP contribution is 2.33. The molecule has 0 aliphatic carbocycles. The summed E-state index contributed by atoms with van der Waals surface area (Å²) in [7, 11) is 0. The maximum Gasteiger partial charge on any atom is 0.262 e. The molecule has 0 radical (unpaired) electrons. The summed E-state index contributed by atoms with van der Waals surface area (Å²) in [6, 6.07) is 8.04. The Kier molecular flexibility index (Phi) is 3.40. The Morgan fingerprint density at radius 1 is 1.27 bits per heavy atom. The molecule has 0 bridgehead atoms. The first-order valence-electron chi connectivity index (χ1n) is 8.75. The highest BCUT2D eigenvalue weighted by molar-refractivity contribution is 7.18. The quantitative estimate of drug-likeness (QED) is 0.647. The van der Waals surface area contributed by atoms with Crippen LogP contribution in [0.25, 0.3) is 21.9 Å². The lowest BCUT2D eigenvalue weighted by Crippen LogP contribution is -2.20. The standard InChI is InChI=1S/C21H18N2O2S/c1-12-13(2)26-20-18(12)21(24)23-8-7-16(19(23)22-20)10-14-9-15-5-3-4-6-17(15)25-11-14/h3-6,9-10H,7-8,11H2,1-2H3/b16-10+. The number of thiophene rings is 1. The molecule has 0 spiro atoms. The van der Waals surface area contributed by atoms with Crippen molar-refractivity contribution in [3.05, 3.63) is 68.1 Å². The van der Waals surface area contributed by atoms with Crippen molar-refractivity contribution in [3.8, 4) is 5.75 Å². The molecule has 0 N–H and O–H groups in total. The van der Waals surface area contributed by atoms with Crippen LogP contribution in [0.2, 0.25) is 0 Å². The molecule has 0 saturated carbocycles. The van der Waals surface area contributed by atoms with E-state index in [1.807, 2.05) is 29.7 Å². The molecular formula is C21H18N2O2S. The van der Waals surface area contributed by atoms with Crippen LogP contribution in [-0.2, 0) is 6.54 Å². The molecule has 0 atom stereocenters. The maximum atomic E-state index is 12.9. The molecule has 3 aromatic rings.